The van der Waals surface area contributed by atoms with Crippen LogP contribution in [0.4, 0.5) is 0 Å². The van der Waals surface area contributed by atoms with E-state index >= 15 is 0 Å². The maximum atomic E-state index is 11.9. The third-order valence-corrected chi connectivity index (χ3v) is 3.86. The standard InChI is InChI=1S/C18H18Cl2N2O3/c1-3-16(12-4-7-14(24-2)8-5-12)21-22-18(23)11-25-17-9-6-13(19)10-15(17)20/h4-10H,3,11H2,1-2H3,(H,22,23)/b21-16+. The minimum atomic E-state index is -0.384. The summed E-state index contributed by atoms with van der Waals surface area (Å²) in [5.41, 5.74) is 4.14. The Hall–Kier alpha value is -2.24. The van der Waals surface area contributed by atoms with Gasteiger partial charge in [-0.05, 0) is 54.4 Å². The molecule has 0 atom stereocenters. The van der Waals surface area contributed by atoms with E-state index in [1.54, 1.807) is 25.3 Å². The molecule has 0 saturated carbocycles. The average molecular weight is 381 g/mol. The van der Waals surface area contributed by atoms with Gasteiger partial charge in [-0.25, -0.2) is 5.43 Å². The topological polar surface area (TPSA) is 59.9 Å². The molecule has 0 spiro atoms. The van der Waals surface area contributed by atoms with Crippen LogP contribution < -0.4 is 14.9 Å². The summed E-state index contributed by atoms with van der Waals surface area (Å²) in [7, 11) is 1.61. The molecule has 1 amide bonds. The summed E-state index contributed by atoms with van der Waals surface area (Å²) in [6.07, 6.45) is 0.663. The maximum absolute atomic E-state index is 11.9. The molecule has 5 nitrogen and oxygen atoms in total. The zero-order valence-corrected chi connectivity index (χ0v) is 15.4. The molecule has 132 valence electrons. The van der Waals surface area contributed by atoms with Crippen molar-refractivity contribution in [1.29, 1.82) is 0 Å². The Labute approximate surface area is 156 Å². The van der Waals surface area contributed by atoms with Crippen molar-refractivity contribution in [2.75, 3.05) is 13.7 Å². The zero-order chi connectivity index (χ0) is 18.2. The third kappa shape index (κ3) is 5.66. The lowest BCUT2D eigenvalue weighted by atomic mass is 10.1. The second-order valence-electron chi connectivity index (χ2n) is 5.04. The fourth-order valence-electron chi connectivity index (χ4n) is 2.03. The van der Waals surface area contributed by atoms with E-state index in [2.05, 4.69) is 10.5 Å². The number of carbonyl (C=O) groups is 1. The number of carbonyl (C=O) groups excluding carboxylic acids is 1. The van der Waals surface area contributed by atoms with Gasteiger partial charge in [0.05, 0.1) is 17.8 Å². The van der Waals surface area contributed by atoms with Gasteiger partial charge in [-0.3, -0.25) is 4.79 Å². The van der Waals surface area contributed by atoms with Crippen LogP contribution in [-0.4, -0.2) is 25.3 Å². The van der Waals surface area contributed by atoms with Crippen molar-refractivity contribution in [3.05, 3.63) is 58.1 Å². The maximum Gasteiger partial charge on any atom is 0.277 e. The zero-order valence-electron chi connectivity index (χ0n) is 13.9. The van der Waals surface area contributed by atoms with Crippen LogP contribution in [0.1, 0.15) is 18.9 Å². The van der Waals surface area contributed by atoms with E-state index in [-0.39, 0.29) is 12.5 Å². The van der Waals surface area contributed by atoms with Crippen molar-refractivity contribution < 1.29 is 14.3 Å². The number of amides is 1. The van der Waals surface area contributed by atoms with Gasteiger partial charge in [0.25, 0.3) is 5.91 Å². The highest BCUT2D eigenvalue weighted by Crippen LogP contribution is 2.27. The summed E-state index contributed by atoms with van der Waals surface area (Å²) in [4.78, 5) is 11.9. The van der Waals surface area contributed by atoms with E-state index in [1.165, 1.54) is 0 Å². The summed E-state index contributed by atoms with van der Waals surface area (Å²) < 4.78 is 10.5. The van der Waals surface area contributed by atoms with Crippen LogP contribution in [0.15, 0.2) is 47.6 Å². The molecule has 0 saturated heterocycles. The van der Waals surface area contributed by atoms with Crippen molar-refractivity contribution in [3.63, 3.8) is 0 Å². The molecule has 1 N–H and O–H groups in total. The fraction of sp³-hybridized carbons (Fsp3) is 0.222. The second kappa shape index (κ2) is 9.30. The van der Waals surface area contributed by atoms with Gasteiger partial charge in [0.1, 0.15) is 11.5 Å². The summed E-state index contributed by atoms with van der Waals surface area (Å²) in [5, 5.41) is 5.00. The Morgan fingerprint density at radius 3 is 2.48 bits per heavy atom. The normalized spacial score (nSPS) is 11.1. The molecule has 2 aromatic carbocycles. The van der Waals surface area contributed by atoms with Crippen molar-refractivity contribution in [2.45, 2.75) is 13.3 Å². The molecule has 25 heavy (non-hydrogen) atoms. The monoisotopic (exact) mass is 380 g/mol. The molecule has 0 aliphatic heterocycles. The van der Waals surface area contributed by atoms with Gasteiger partial charge in [0, 0.05) is 5.02 Å². The van der Waals surface area contributed by atoms with Crippen molar-refractivity contribution in [2.24, 2.45) is 5.10 Å². The van der Waals surface area contributed by atoms with Crippen LogP contribution in [0, 0.1) is 0 Å². The molecule has 7 heteroatoms. The van der Waals surface area contributed by atoms with E-state index in [0.717, 1.165) is 17.0 Å². The Morgan fingerprint density at radius 1 is 1.16 bits per heavy atom. The summed E-state index contributed by atoms with van der Waals surface area (Å²) in [6.45, 7) is 1.75. The van der Waals surface area contributed by atoms with Crippen LogP contribution in [0.25, 0.3) is 0 Å². The Kier molecular flexibility index (Phi) is 7.10. The molecule has 0 unspecified atom stereocenters. The molecule has 0 bridgehead atoms. The SMILES string of the molecule is CC/C(=N\NC(=O)COc1ccc(Cl)cc1Cl)c1ccc(OC)cc1. The van der Waals surface area contributed by atoms with Crippen LogP contribution in [0.2, 0.25) is 10.0 Å². The highest BCUT2D eigenvalue weighted by Gasteiger charge is 2.07. The first kappa shape index (κ1) is 19.1. The van der Waals surface area contributed by atoms with Gasteiger partial charge in [-0.15, -0.1) is 0 Å². The number of nitrogens with zero attached hydrogens (tertiary/aromatic N) is 1. The first-order valence-corrected chi connectivity index (χ1v) is 8.36. The van der Waals surface area contributed by atoms with Crippen LogP contribution >= 0.6 is 23.2 Å². The first-order chi connectivity index (χ1) is 12.0. The molecule has 0 aliphatic carbocycles. The molecule has 0 aromatic heterocycles. The highest BCUT2D eigenvalue weighted by molar-refractivity contribution is 6.35. The van der Waals surface area contributed by atoms with E-state index in [9.17, 15) is 4.79 Å². The van der Waals surface area contributed by atoms with Gasteiger partial charge >= 0.3 is 0 Å². The highest BCUT2D eigenvalue weighted by atomic mass is 35.5. The number of rotatable bonds is 7. The summed E-state index contributed by atoms with van der Waals surface area (Å²) >= 11 is 11.8. The Bertz CT molecular complexity index is 761. The van der Waals surface area contributed by atoms with Crippen molar-refractivity contribution in [1.82, 2.24) is 5.43 Å². The van der Waals surface area contributed by atoms with Gasteiger partial charge < -0.3 is 9.47 Å². The number of methoxy groups -OCH3 is 1. The van der Waals surface area contributed by atoms with E-state index in [1.807, 2.05) is 31.2 Å². The molecule has 2 rings (SSSR count). The number of hydrogen-bond acceptors (Lipinski definition) is 4. The van der Waals surface area contributed by atoms with Crippen LogP contribution in [0.3, 0.4) is 0 Å². The number of hydrogen-bond donors (Lipinski definition) is 1. The number of nitrogens with one attached hydrogen (secondary N) is 1. The van der Waals surface area contributed by atoms with Crippen molar-refractivity contribution in [3.8, 4) is 11.5 Å². The van der Waals surface area contributed by atoms with Gasteiger partial charge in [-0.2, -0.15) is 5.10 Å². The molecule has 0 fully saturated rings. The number of benzene rings is 2. The largest absolute Gasteiger partial charge is 0.497 e. The van der Waals surface area contributed by atoms with Gasteiger partial charge in [-0.1, -0.05) is 30.1 Å². The number of hydrazone groups is 1. The lowest BCUT2D eigenvalue weighted by Crippen LogP contribution is -2.26. The third-order valence-electron chi connectivity index (χ3n) is 3.33. The quantitative estimate of drug-likeness (QED) is 0.574. The van der Waals surface area contributed by atoms with Crippen molar-refractivity contribution >= 4 is 34.8 Å². The van der Waals surface area contributed by atoms with E-state index in [4.69, 9.17) is 32.7 Å². The molecule has 0 heterocycles. The van der Waals surface area contributed by atoms with Crippen LogP contribution in [0.5, 0.6) is 11.5 Å². The fourth-order valence-corrected chi connectivity index (χ4v) is 2.49. The van der Waals surface area contributed by atoms with Gasteiger partial charge in [0.2, 0.25) is 0 Å². The molecule has 0 aliphatic rings. The van der Waals surface area contributed by atoms with E-state index < -0.39 is 0 Å². The van der Waals surface area contributed by atoms with Crippen LogP contribution in [-0.2, 0) is 4.79 Å². The second-order valence-corrected chi connectivity index (χ2v) is 5.88. The summed E-state index contributed by atoms with van der Waals surface area (Å²) in [6, 6.07) is 12.2. The molecule has 0 radical (unpaired) electrons. The minimum absolute atomic E-state index is 0.204. The number of halogens is 2. The molecular formula is C18H18Cl2N2O3. The Morgan fingerprint density at radius 2 is 1.88 bits per heavy atom. The predicted molar refractivity (Wildman–Crippen MR) is 99.9 cm³/mol. The molecule has 2 aromatic rings. The molecular weight excluding hydrogens is 363 g/mol. The average Bonchev–Trinajstić information content (AvgIpc) is 2.62. The first-order valence-electron chi connectivity index (χ1n) is 7.61. The minimum Gasteiger partial charge on any atom is -0.497 e. The van der Waals surface area contributed by atoms with E-state index in [0.29, 0.717) is 22.2 Å². The lowest BCUT2D eigenvalue weighted by molar-refractivity contribution is -0.123. The lowest BCUT2D eigenvalue weighted by Gasteiger charge is -2.08. The predicted octanol–water partition coefficient (Wildman–Crippen LogP) is 4.31. The smallest absolute Gasteiger partial charge is 0.277 e. The summed E-state index contributed by atoms with van der Waals surface area (Å²) in [5.74, 6) is 0.762. The number of ether oxygens (including phenoxy) is 2. The van der Waals surface area contributed by atoms with Gasteiger partial charge in [0.15, 0.2) is 6.61 Å². The Balaban J connectivity index is 1.94.